The lowest BCUT2D eigenvalue weighted by Crippen LogP contribution is -2.11. The fourth-order valence-electron chi connectivity index (χ4n) is 2.40. The third-order valence-corrected chi connectivity index (χ3v) is 3.76. The predicted molar refractivity (Wildman–Crippen MR) is 109 cm³/mol. The van der Waals surface area contributed by atoms with Gasteiger partial charge in [-0.1, -0.05) is 31.2 Å². The molecule has 0 bridgehead atoms. The van der Waals surface area contributed by atoms with E-state index in [4.69, 9.17) is 19.5 Å². The van der Waals surface area contributed by atoms with Gasteiger partial charge < -0.3 is 14.2 Å². The number of hydrogen-bond acceptors (Lipinski definition) is 6. The number of para-hydroxylation sites is 1. The van der Waals surface area contributed by atoms with Gasteiger partial charge in [0, 0.05) is 11.6 Å². The van der Waals surface area contributed by atoms with Gasteiger partial charge in [0.25, 0.3) is 0 Å². The fourth-order valence-corrected chi connectivity index (χ4v) is 2.40. The Morgan fingerprint density at radius 1 is 1.10 bits per heavy atom. The van der Waals surface area contributed by atoms with Crippen molar-refractivity contribution < 1.29 is 19.0 Å². The van der Waals surface area contributed by atoms with Crippen LogP contribution in [0.1, 0.15) is 24.5 Å². The maximum Gasteiger partial charge on any atom is 0.354 e. The van der Waals surface area contributed by atoms with E-state index < -0.39 is 5.97 Å². The van der Waals surface area contributed by atoms with Crippen LogP contribution < -0.4 is 14.2 Å². The number of carbonyl (C=O) groups is 1. The van der Waals surface area contributed by atoms with E-state index in [1.807, 2.05) is 25.1 Å². The molecule has 0 N–H and O–H groups in total. The van der Waals surface area contributed by atoms with Gasteiger partial charge in [0.1, 0.15) is 17.4 Å². The highest BCUT2D eigenvalue weighted by Gasteiger charge is 2.16. The second-order valence-electron chi connectivity index (χ2n) is 5.82. The topological polar surface area (TPSA) is 92.3 Å². The summed E-state index contributed by atoms with van der Waals surface area (Å²) in [7, 11) is 1.44. The highest BCUT2D eigenvalue weighted by Crippen LogP contribution is 2.29. The number of allylic oxidation sites excluding steroid dienone is 1. The quantitative estimate of drug-likeness (QED) is 0.285. The fraction of sp³-hybridized carbons (Fsp3) is 0.174. The lowest BCUT2D eigenvalue weighted by Gasteiger charge is -2.10. The second-order valence-corrected chi connectivity index (χ2v) is 5.82. The van der Waals surface area contributed by atoms with Gasteiger partial charge in [0.15, 0.2) is 11.5 Å². The Hall–Kier alpha value is -4.03. The molecular weight excluding hydrogens is 368 g/mol. The minimum Gasteiger partial charge on any atom is -0.493 e. The molecule has 0 heterocycles. The molecule has 0 aliphatic rings. The molecule has 0 aliphatic heterocycles. The molecule has 0 fully saturated rings. The van der Waals surface area contributed by atoms with Crippen LogP contribution in [0.25, 0.3) is 12.2 Å². The second kappa shape index (κ2) is 11.0. The zero-order valence-electron chi connectivity index (χ0n) is 16.2. The first kappa shape index (κ1) is 21.3. The molecule has 0 saturated heterocycles. The Kier molecular flexibility index (Phi) is 8.04. The zero-order chi connectivity index (χ0) is 21.1. The van der Waals surface area contributed by atoms with Crippen molar-refractivity contribution in [2.45, 2.75) is 13.3 Å². The third-order valence-electron chi connectivity index (χ3n) is 3.76. The third kappa shape index (κ3) is 5.98. The van der Waals surface area contributed by atoms with Gasteiger partial charge in [-0.25, -0.2) is 4.79 Å². The van der Waals surface area contributed by atoms with Gasteiger partial charge in [0.2, 0.25) is 0 Å². The molecule has 2 aromatic rings. The van der Waals surface area contributed by atoms with Crippen LogP contribution in [0.2, 0.25) is 0 Å². The summed E-state index contributed by atoms with van der Waals surface area (Å²) in [6, 6.07) is 15.8. The number of rotatable bonds is 8. The van der Waals surface area contributed by atoms with Gasteiger partial charge in [-0.3, -0.25) is 0 Å². The van der Waals surface area contributed by atoms with Crippen molar-refractivity contribution in [3.05, 3.63) is 65.2 Å². The zero-order valence-corrected chi connectivity index (χ0v) is 16.2. The first-order valence-electron chi connectivity index (χ1n) is 8.93. The van der Waals surface area contributed by atoms with E-state index in [0.29, 0.717) is 29.2 Å². The summed E-state index contributed by atoms with van der Waals surface area (Å²) in [6.07, 6.45) is 5.20. The van der Waals surface area contributed by atoms with E-state index in [0.717, 1.165) is 6.42 Å². The minimum atomic E-state index is -0.809. The average Bonchev–Trinajstić information content (AvgIpc) is 2.75. The highest BCUT2D eigenvalue weighted by atomic mass is 16.6. The van der Waals surface area contributed by atoms with Crippen molar-refractivity contribution in [3.8, 4) is 29.4 Å². The molecule has 0 spiro atoms. The van der Waals surface area contributed by atoms with Crippen LogP contribution in [0.3, 0.4) is 0 Å². The van der Waals surface area contributed by atoms with E-state index in [2.05, 4.69) is 0 Å². The molecule has 6 nitrogen and oxygen atoms in total. The SMILES string of the molecule is CCCOc1ccccc1/C=C(\C#N)C(=O)Oc1ccc(/C=C\C#N)cc1OC. The number of nitrogens with zero attached hydrogens (tertiary/aromatic N) is 2. The van der Waals surface area contributed by atoms with Crippen LogP contribution in [-0.4, -0.2) is 19.7 Å². The van der Waals surface area contributed by atoms with Gasteiger partial charge in [-0.2, -0.15) is 10.5 Å². The lowest BCUT2D eigenvalue weighted by atomic mass is 10.1. The van der Waals surface area contributed by atoms with Gasteiger partial charge in [-0.15, -0.1) is 0 Å². The summed E-state index contributed by atoms with van der Waals surface area (Å²) in [4.78, 5) is 12.5. The normalized spacial score (nSPS) is 10.8. The Balaban J connectivity index is 2.27. The largest absolute Gasteiger partial charge is 0.493 e. The number of benzene rings is 2. The molecule has 0 aliphatic carbocycles. The van der Waals surface area contributed by atoms with Crippen LogP contribution in [-0.2, 0) is 4.79 Å². The number of methoxy groups -OCH3 is 1. The van der Waals surface area contributed by atoms with Crippen molar-refractivity contribution in [1.82, 2.24) is 0 Å². The van der Waals surface area contributed by atoms with E-state index in [1.165, 1.54) is 19.3 Å². The minimum absolute atomic E-state index is 0.170. The summed E-state index contributed by atoms with van der Waals surface area (Å²) < 4.78 is 16.3. The van der Waals surface area contributed by atoms with Crippen LogP contribution >= 0.6 is 0 Å². The molecule has 6 heteroatoms. The molecule has 29 heavy (non-hydrogen) atoms. The van der Waals surface area contributed by atoms with E-state index >= 15 is 0 Å². The number of carbonyl (C=O) groups excluding carboxylic acids is 1. The summed E-state index contributed by atoms with van der Waals surface area (Å²) in [5.74, 6) is 0.253. The standard InChI is InChI=1S/C23H20N2O4/c1-3-13-28-20-9-5-4-8-18(20)15-19(16-25)23(26)29-21-11-10-17(7-6-12-24)14-22(21)27-2/h4-11,14-15H,3,13H2,1-2H3/b7-6-,19-15+. The number of hydrogen-bond donors (Lipinski definition) is 0. The maximum absolute atomic E-state index is 12.5. The Bertz CT molecular complexity index is 1010. The highest BCUT2D eigenvalue weighted by molar-refractivity contribution is 5.99. The summed E-state index contributed by atoms with van der Waals surface area (Å²) in [5.41, 5.74) is 1.15. The van der Waals surface area contributed by atoms with Crippen LogP contribution in [0.15, 0.2) is 54.1 Å². The predicted octanol–water partition coefficient (Wildman–Crippen LogP) is 4.53. The Labute approximate surface area is 169 Å². The van der Waals surface area contributed by atoms with Crippen LogP contribution in [0.5, 0.6) is 17.2 Å². The molecule has 0 atom stereocenters. The first-order valence-corrected chi connectivity index (χ1v) is 8.93. The lowest BCUT2D eigenvalue weighted by molar-refractivity contribution is -0.129. The molecule has 2 rings (SSSR count). The first-order chi connectivity index (χ1) is 14.1. The molecule has 0 unspecified atom stereocenters. The van der Waals surface area contributed by atoms with E-state index in [-0.39, 0.29) is 11.3 Å². The van der Waals surface area contributed by atoms with Crippen molar-refractivity contribution in [2.24, 2.45) is 0 Å². The number of ether oxygens (including phenoxy) is 3. The molecule has 146 valence electrons. The van der Waals surface area contributed by atoms with Crippen LogP contribution in [0, 0.1) is 22.7 Å². The van der Waals surface area contributed by atoms with E-state index in [1.54, 1.807) is 42.5 Å². The maximum atomic E-state index is 12.5. The summed E-state index contributed by atoms with van der Waals surface area (Å²) in [5, 5.41) is 18.1. The summed E-state index contributed by atoms with van der Waals surface area (Å²) in [6.45, 7) is 2.52. The van der Waals surface area contributed by atoms with Crippen molar-refractivity contribution >= 4 is 18.1 Å². The average molecular weight is 388 g/mol. The van der Waals surface area contributed by atoms with Crippen molar-refractivity contribution in [2.75, 3.05) is 13.7 Å². The number of nitriles is 2. The van der Waals surface area contributed by atoms with Crippen molar-refractivity contribution in [3.63, 3.8) is 0 Å². The van der Waals surface area contributed by atoms with Crippen LogP contribution in [0.4, 0.5) is 0 Å². The van der Waals surface area contributed by atoms with Gasteiger partial charge in [-0.05, 0) is 42.3 Å². The Morgan fingerprint density at radius 2 is 1.90 bits per heavy atom. The molecule has 2 aromatic carbocycles. The smallest absolute Gasteiger partial charge is 0.354 e. The number of esters is 1. The van der Waals surface area contributed by atoms with E-state index in [9.17, 15) is 10.1 Å². The molecule has 0 radical (unpaired) electrons. The summed E-state index contributed by atoms with van der Waals surface area (Å²) >= 11 is 0. The molecule has 0 saturated carbocycles. The molecule has 0 amide bonds. The molecule has 0 aromatic heterocycles. The van der Waals surface area contributed by atoms with Gasteiger partial charge >= 0.3 is 5.97 Å². The Morgan fingerprint density at radius 3 is 2.59 bits per heavy atom. The van der Waals surface area contributed by atoms with Crippen molar-refractivity contribution in [1.29, 1.82) is 10.5 Å². The van der Waals surface area contributed by atoms with Gasteiger partial charge in [0.05, 0.1) is 19.8 Å². The monoisotopic (exact) mass is 388 g/mol. The molecular formula is C23H20N2O4.